The number of nitrogens with zero attached hydrogens (tertiary/aromatic N) is 2. The Morgan fingerprint density at radius 3 is 2.42 bits per heavy atom. The third-order valence-corrected chi connectivity index (χ3v) is 3.95. The average molecular weight is 332 g/mol. The fraction of sp³-hybridized carbons (Fsp3) is 0.412. The maximum atomic E-state index is 12.6. The summed E-state index contributed by atoms with van der Waals surface area (Å²) in [6.45, 7) is 4.86. The Hall–Kier alpha value is -2.70. The van der Waals surface area contributed by atoms with E-state index in [0.29, 0.717) is 6.42 Å². The van der Waals surface area contributed by atoms with E-state index in [1.165, 1.54) is 6.92 Å². The van der Waals surface area contributed by atoms with Gasteiger partial charge in [-0.25, -0.2) is 0 Å². The quantitative estimate of drug-likeness (QED) is 0.792. The molecule has 1 unspecified atom stereocenters. The molecule has 1 aliphatic rings. The standard InChI is InChI=1S/C17H20N2O5/c1-4-7-18(9-14(20)21)15(22)11(3)19-16(23)12-6-5-10(2)8-13(12)17(19)24/h5-6,8,11H,4,7,9H2,1-3H3,(H,20,21). The van der Waals surface area contributed by atoms with Crippen molar-refractivity contribution in [3.05, 3.63) is 34.9 Å². The molecule has 24 heavy (non-hydrogen) atoms. The van der Waals surface area contributed by atoms with Gasteiger partial charge in [0.2, 0.25) is 5.91 Å². The van der Waals surface area contributed by atoms with Crippen LogP contribution in [-0.2, 0) is 9.59 Å². The van der Waals surface area contributed by atoms with Crippen LogP contribution in [0, 0.1) is 6.92 Å². The molecule has 0 aliphatic carbocycles. The fourth-order valence-corrected chi connectivity index (χ4v) is 2.80. The molecule has 1 aliphatic heterocycles. The lowest BCUT2D eigenvalue weighted by atomic mass is 10.1. The lowest BCUT2D eigenvalue weighted by molar-refractivity contribution is -0.145. The van der Waals surface area contributed by atoms with Crippen LogP contribution in [0.2, 0.25) is 0 Å². The van der Waals surface area contributed by atoms with Gasteiger partial charge in [0.1, 0.15) is 12.6 Å². The van der Waals surface area contributed by atoms with Crippen LogP contribution >= 0.6 is 0 Å². The van der Waals surface area contributed by atoms with E-state index in [-0.39, 0.29) is 17.7 Å². The molecule has 1 aromatic carbocycles. The monoisotopic (exact) mass is 332 g/mol. The summed E-state index contributed by atoms with van der Waals surface area (Å²) in [5, 5.41) is 8.94. The number of aryl methyl sites for hydroxylation is 1. The molecule has 0 fully saturated rings. The summed E-state index contributed by atoms with van der Waals surface area (Å²) in [7, 11) is 0. The van der Waals surface area contributed by atoms with Crippen molar-refractivity contribution >= 4 is 23.7 Å². The molecule has 2 rings (SSSR count). The Morgan fingerprint density at radius 2 is 1.83 bits per heavy atom. The third kappa shape index (κ3) is 3.15. The Bertz CT molecular complexity index is 713. The lowest BCUT2D eigenvalue weighted by Crippen LogP contribution is -2.50. The van der Waals surface area contributed by atoms with Gasteiger partial charge in [0, 0.05) is 6.54 Å². The van der Waals surface area contributed by atoms with Gasteiger partial charge in [-0.05, 0) is 32.4 Å². The van der Waals surface area contributed by atoms with E-state index in [2.05, 4.69) is 0 Å². The summed E-state index contributed by atoms with van der Waals surface area (Å²) in [5.74, 6) is -2.73. The molecule has 1 aromatic rings. The van der Waals surface area contributed by atoms with Gasteiger partial charge in [0.05, 0.1) is 11.1 Å². The Balaban J connectivity index is 2.28. The van der Waals surface area contributed by atoms with E-state index in [1.807, 2.05) is 13.8 Å². The van der Waals surface area contributed by atoms with E-state index in [1.54, 1.807) is 18.2 Å². The van der Waals surface area contributed by atoms with E-state index < -0.39 is 36.3 Å². The molecule has 1 heterocycles. The zero-order valence-electron chi connectivity index (χ0n) is 13.9. The second-order valence-electron chi connectivity index (χ2n) is 5.86. The number of fused-ring (bicyclic) bond motifs is 1. The number of carbonyl (C=O) groups is 4. The number of hydrogen-bond acceptors (Lipinski definition) is 4. The Kier molecular flexibility index (Phi) is 5.02. The number of imide groups is 1. The minimum Gasteiger partial charge on any atom is -0.480 e. The summed E-state index contributed by atoms with van der Waals surface area (Å²) in [6.07, 6.45) is 0.576. The number of carboxylic acids is 1. The third-order valence-electron chi connectivity index (χ3n) is 3.95. The smallest absolute Gasteiger partial charge is 0.323 e. The molecule has 1 N–H and O–H groups in total. The molecule has 128 valence electrons. The molecule has 7 nitrogen and oxygen atoms in total. The van der Waals surface area contributed by atoms with Crippen LogP contribution in [0.25, 0.3) is 0 Å². The number of carboxylic acid groups (broad SMARTS) is 1. The number of amides is 3. The lowest BCUT2D eigenvalue weighted by Gasteiger charge is -2.28. The second kappa shape index (κ2) is 6.82. The van der Waals surface area contributed by atoms with Crippen molar-refractivity contribution in [2.45, 2.75) is 33.2 Å². The van der Waals surface area contributed by atoms with Crippen molar-refractivity contribution in [2.24, 2.45) is 0 Å². The highest BCUT2D eigenvalue weighted by atomic mass is 16.4. The number of aliphatic carboxylic acids is 1. The van der Waals surface area contributed by atoms with Crippen LogP contribution in [0.1, 0.15) is 46.5 Å². The average Bonchev–Trinajstić information content (AvgIpc) is 2.76. The van der Waals surface area contributed by atoms with E-state index in [9.17, 15) is 19.2 Å². The SMILES string of the molecule is CCCN(CC(=O)O)C(=O)C(C)N1C(=O)c2ccc(C)cc2C1=O. The molecule has 1 atom stereocenters. The van der Waals surface area contributed by atoms with Crippen molar-refractivity contribution in [2.75, 3.05) is 13.1 Å². The highest BCUT2D eigenvalue weighted by Gasteiger charge is 2.42. The minimum absolute atomic E-state index is 0.248. The van der Waals surface area contributed by atoms with E-state index in [4.69, 9.17) is 5.11 Å². The molecule has 0 radical (unpaired) electrons. The van der Waals surface area contributed by atoms with Gasteiger partial charge in [0.25, 0.3) is 11.8 Å². The predicted octanol–water partition coefficient (Wildman–Crippen LogP) is 1.30. The highest BCUT2D eigenvalue weighted by Crippen LogP contribution is 2.26. The first-order chi connectivity index (χ1) is 11.3. The molecule has 3 amide bonds. The molecule has 0 aromatic heterocycles. The summed E-state index contributed by atoms with van der Waals surface area (Å²) >= 11 is 0. The Labute approximate surface area is 139 Å². The first-order valence-electron chi connectivity index (χ1n) is 7.77. The van der Waals surface area contributed by atoms with Gasteiger partial charge in [0.15, 0.2) is 0 Å². The minimum atomic E-state index is -1.14. The van der Waals surface area contributed by atoms with Crippen molar-refractivity contribution < 1.29 is 24.3 Å². The van der Waals surface area contributed by atoms with Gasteiger partial charge in [-0.15, -0.1) is 0 Å². The zero-order valence-corrected chi connectivity index (χ0v) is 13.9. The number of hydrogen-bond donors (Lipinski definition) is 1. The van der Waals surface area contributed by atoms with Crippen molar-refractivity contribution in [3.63, 3.8) is 0 Å². The number of rotatable bonds is 6. The second-order valence-corrected chi connectivity index (χ2v) is 5.86. The number of benzene rings is 1. The number of carbonyl (C=O) groups excluding carboxylic acids is 3. The molecular weight excluding hydrogens is 312 g/mol. The Morgan fingerprint density at radius 1 is 1.21 bits per heavy atom. The van der Waals surface area contributed by atoms with E-state index in [0.717, 1.165) is 15.4 Å². The highest BCUT2D eigenvalue weighted by molar-refractivity contribution is 6.22. The normalized spacial score (nSPS) is 14.5. The predicted molar refractivity (Wildman–Crippen MR) is 85.6 cm³/mol. The topological polar surface area (TPSA) is 95.0 Å². The summed E-state index contributed by atoms with van der Waals surface area (Å²) < 4.78 is 0. The molecular formula is C17H20N2O5. The summed E-state index contributed by atoms with van der Waals surface area (Å²) in [4.78, 5) is 50.6. The summed E-state index contributed by atoms with van der Waals surface area (Å²) in [6, 6.07) is 3.87. The molecule has 7 heteroatoms. The fourth-order valence-electron chi connectivity index (χ4n) is 2.80. The van der Waals surface area contributed by atoms with Gasteiger partial charge in [-0.3, -0.25) is 24.1 Å². The maximum absolute atomic E-state index is 12.6. The van der Waals surface area contributed by atoms with Crippen LogP contribution in [-0.4, -0.2) is 57.7 Å². The maximum Gasteiger partial charge on any atom is 0.323 e. The van der Waals surface area contributed by atoms with Crippen molar-refractivity contribution in [3.8, 4) is 0 Å². The van der Waals surface area contributed by atoms with Crippen LogP contribution < -0.4 is 0 Å². The van der Waals surface area contributed by atoms with Crippen LogP contribution in [0.3, 0.4) is 0 Å². The zero-order chi connectivity index (χ0) is 18.0. The van der Waals surface area contributed by atoms with Gasteiger partial charge >= 0.3 is 5.97 Å². The summed E-state index contributed by atoms with van der Waals surface area (Å²) in [5.41, 5.74) is 1.39. The van der Waals surface area contributed by atoms with Crippen LogP contribution in [0.4, 0.5) is 0 Å². The molecule has 0 spiro atoms. The van der Waals surface area contributed by atoms with Crippen molar-refractivity contribution in [1.82, 2.24) is 9.80 Å². The van der Waals surface area contributed by atoms with E-state index >= 15 is 0 Å². The molecule has 0 saturated carbocycles. The van der Waals surface area contributed by atoms with Crippen LogP contribution in [0.15, 0.2) is 18.2 Å². The largest absolute Gasteiger partial charge is 0.480 e. The van der Waals surface area contributed by atoms with Gasteiger partial charge < -0.3 is 10.0 Å². The van der Waals surface area contributed by atoms with Gasteiger partial charge in [-0.1, -0.05) is 18.6 Å². The first-order valence-corrected chi connectivity index (χ1v) is 7.77. The van der Waals surface area contributed by atoms with Gasteiger partial charge in [-0.2, -0.15) is 0 Å². The first kappa shape index (κ1) is 17.7. The van der Waals surface area contributed by atoms with Crippen LogP contribution in [0.5, 0.6) is 0 Å². The molecule has 0 saturated heterocycles. The van der Waals surface area contributed by atoms with Crippen molar-refractivity contribution in [1.29, 1.82) is 0 Å². The molecule has 0 bridgehead atoms.